The van der Waals surface area contributed by atoms with Crippen LogP contribution in [-0.2, 0) is 16.0 Å². The lowest BCUT2D eigenvalue weighted by Gasteiger charge is -2.13. The molecule has 142 valence electrons. The van der Waals surface area contributed by atoms with Crippen LogP contribution in [0.2, 0.25) is 0 Å². The maximum absolute atomic E-state index is 11.4. The van der Waals surface area contributed by atoms with Gasteiger partial charge in [-0.25, -0.2) is 9.59 Å². The van der Waals surface area contributed by atoms with E-state index >= 15 is 0 Å². The summed E-state index contributed by atoms with van der Waals surface area (Å²) in [6.45, 7) is 7.16. The Balaban J connectivity index is 2.63. The Hall–Kier alpha value is -2.80. The van der Waals surface area contributed by atoms with E-state index in [1.807, 2.05) is 0 Å². The number of alkyl carbamates (subject to hydrolysis) is 1. The van der Waals surface area contributed by atoms with Crippen LogP contribution in [0.15, 0.2) is 43.5 Å². The van der Waals surface area contributed by atoms with Crippen LogP contribution in [-0.4, -0.2) is 37.1 Å². The van der Waals surface area contributed by atoms with E-state index in [9.17, 15) is 14.7 Å². The average molecular weight is 363 g/mol. The Morgan fingerprint density at radius 1 is 1.19 bits per heavy atom. The summed E-state index contributed by atoms with van der Waals surface area (Å²) in [4.78, 5) is 22.3. The molecule has 1 unspecified atom stereocenters. The fourth-order valence-corrected chi connectivity index (χ4v) is 2.09. The van der Waals surface area contributed by atoms with Gasteiger partial charge in [-0.2, -0.15) is 0 Å². The Morgan fingerprint density at radius 2 is 1.92 bits per heavy atom. The highest BCUT2D eigenvalue weighted by atomic mass is 16.6. The number of nitrogens with one attached hydrogen (secondary N) is 1. The second kappa shape index (κ2) is 11.7. The van der Waals surface area contributed by atoms with Crippen LogP contribution >= 0.6 is 0 Å². The van der Waals surface area contributed by atoms with Crippen molar-refractivity contribution in [2.24, 2.45) is 0 Å². The van der Waals surface area contributed by atoms with Crippen molar-refractivity contribution in [2.45, 2.75) is 32.0 Å². The molecule has 0 aliphatic heterocycles. The first kappa shape index (κ1) is 21.2. The molecule has 1 aromatic rings. The van der Waals surface area contributed by atoms with E-state index in [2.05, 4.69) is 18.5 Å². The molecule has 0 aromatic heterocycles. The summed E-state index contributed by atoms with van der Waals surface area (Å²) in [7, 11) is 1.51. The third-order valence-corrected chi connectivity index (χ3v) is 3.33. The Kier molecular flexibility index (Phi) is 9.56. The molecule has 0 saturated carbocycles. The smallest absolute Gasteiger partial charge is 0.406 e. The molecule has 7 heteroatoms. The number of carbonyl (C=O) groups excluding carboxylic acids is 2. The van der Waals surface area contributed by atoms with Crippen LogP contribution in [0.3, 0.4) is 0 Å². The predicted octanol–water partition coefficient (Wildman–Crippen LogP) is 2.73. The minimum atomic E-state index is -1.16. The standard InChI is InChI=1S/C19H25NO6/c1-4-17(21)25-15-11-14(12-16(13-15)26-18(22)5-2)9-7-6-8-10-24-19(23)20-3/h4-5,11-13,17,21H,1-2,6-10H2,3H3,(H,20,23). The molecule has 1 amide bonds. The van der Waals surface area contributed by atoms with E-state index in [0.29, 0.717) is 24.5 Å². The average Bonchev–Trinajstić information content (AvgIpc) is 2.63. The number of aliphatic hydroxyl groups excluding tert-OH is 1. The zero-order valence-corrected chi connectivity index (χ0v) is 14.9. The maximum atomic E-state index is 11.4. The monoisotopic (exact) mass is 363 g/mol. The molecule has 0 bridgehead atoms. The third kappa shape index (κ3) is 8.34. The molecule has 0 saturated heterocycles. The SMILES string of the molecule is C=CC(=O)Oc1cc(CCCCCOC(=O)NC)cc(OC(O)C=C)c1. The summed E-state index contributed by atoms with van der Waals surface area (Å²) in [5.41, 5.74) is 0.887. The number of esters is 1. The number of hydrogen-bond donors (Lipinski definition) is 2. The highest BCUT2D eigenvalue weighted by Gasteiger charge is 2.09. The molecule has 1 aromatic carbocycles. The van der Waals surface area contributed by atoms with Crippen molar-refractivity contribution >= 4 is 12.1 Å². The van der Waals surface area contributed by atoms with E-state index in [0.717, 1.165) is 30.9 Å². The first-order chi connectivity index (χ1) is 12.5. The van der Waals surface area contributed by atoms with Gasteiger partial charge in [-0.3, -0.25) is 0 Å². The number of hydrogen-bond acceptors (Lipinski definition) is 6. The van der Waals surface area contributed by atoms with Gasteiger partial charge in [-0.05, 0) is 49.5 Å². The molecule has 0 spiro atoms. The second-order valence-corrected chi connectivity index (χ2v) is 5.38. The third-order valence-electron chi connectivity index (χ3n) is 3.33. The normalized spacial score (nSPS) is 11.2. The number of ether oxygens (including phenoxy) is 3. The number of aliphatic hydroxyl groups is 1. The van der Waals surface area contributed by atoms with E-state index in [4.69, 9.17) is 14.2 Å². The van der Waals surface area contributed by atoms with Gasteiger partial charge in [0.15, 0.2) is 0 Å². The summed E-state index contributed by atoms with van der Waals surface area (Å²) in [5.74, 6) is 0.0926. The topological polar surface area (TPSA) is 94.1 Å². The molecule has 2 N–H and O–H groups in total. The number of aryl methyl sites for hydroxylation is 1. The minimum Gasteiger partial charge on any atom is -0.461 e. The van der Waals surface area contributed by atoms with Crippen molar-refractivity contribution in [1.29, 1.82) is 0 Å². The quantitative estimate of drug-likeness (QED) is 0.157. The first-order valence-corrected chi connectivity index (χ1v) is 8.28. The van der Waals surface area contributed by atoms with Gasteiger partial charge in [0.1, 0.15) is 11.5 Å². The summed E-state index contributed by atoms with van der Waals surface area (Å²) in [6, 6.07) is 5.00. The van der Waals surface area contributed by atoms with Gasteiger partial charge in [0.25, 0.3) is 0 Å². The Morgan fingerprint density at radius 3 is 2.58 bits per heavy atom. The highest BCUT2D eigenvalue weighted by molar-refractivity contribution is 5.83. The van der Waals surface area contributed by atoms with Gasteiger partial charge in [0.2, 0.25) is 6.29 Å². The summed E-state index contributed by atoms with van der Waals surface area (Å²) in [5, 5.41) is 11.9. The fraction of sp³-hybridized carbons (Fsp3) is 0.368. The van der Waals surface area contributed by atoms with E-state index in [1.54, 1.807) is 12.1 Å². The van der Waals surface area contributed by atoms with Gasteiger partial charge in [0, 0.05) is 19.2 Å². The summed E-state index contributed by atoms with van der Waals surface area (Å²) >= 11 is 0. The van der Waals surface area contributed by atoms with Crippen molar-refractivity contribution in [1.82, 2.24) is 5.32 Å². The van der Waals surface area contributed by atoms with E-state index in [-0.39, 0.29) is 0 Å². The van der Waals surface area contributed by atoms with E-state index in [1.165, 1.54) is 19.2 Å². The van der Waals surface area contributed by atoms with Crippen LogP contribution < -0.4 is 14.8 Å². The van der Waals surface area contributed by atoms with Gasteiger partial charge in [0.05, 0.1) is 6.61 Å². The molecule has 0 heterocycles. The van der Waals surface area contributed by atoms with Crippen molar-refractivity contribution < 1.29 is 28.9 Å². The second-order valence-electron chi connectivity index (χ2n) is 5.38. The molecule has 1 atom stereocenters. The molecule has 0 aliphatic carbocycles. The largest absolute Gasteiger partial charge is 0.461 e. The van der Waals surface area contributed by atoms with E-state index < -0.39 is 18.4 Å². The van der Waals surface area contributed by atoms with Crippen LogP contribution in [0, 0.1) is 0 Å². The zero-order valence-electron chi connectivity index (χ0n) is 14.9. The van der Waals surface area contributed by atoms with Crippen LogP contribution in [0.1, 0.15) is 24.8 Å². The maximum Gasteiger partial charge on any atom is 0.406 e. The van der Waals surface area contributed by atoms with Crippen LogP contribution in [0.4, 0.5) is 4.79 Å². The first-order valence-electron chi connectivity index (χ1n) is 8.28. The zero-order chi connectivity index (χ0) is 19.4. The van der Waals surface area contributed by atoms with Gasteiger partial charge < -0.3 is 24.6 Å². The summed E-state index contributed by atoms with van der Waals surface area (Å²) in [6.07, 6.45) is 3.88. The molecular formula is C19H25NO6. The predicted molar refractivity (Wildman–Crippen MR) is 97.1 cm³/mol. The van der Waals surface area contributed by atoms with Crippen LogP contribution in [0.25, 0.3) is 0 Å². The molecule has 0 fully saturated rings. The number of amides is 1. The number of unbranched alkanes of at least 4 members (excludes halogenated alkanes) is 2. The lowest BCUT2D eigenvalue weighted by Crippen LogP contribution is -2.19. The fourth-order valence-electron chi connectivity index (χ4n) is 2.09. The lowest BCUT2D eigenvalue weighted by atomic mass is 10.1. The van der Waals surface area contributed by atoms with Crippen LogP contribution in [0.5, 0.6) is 11.5 Å². The Bertz CT molecular complexity index is 628. The summed E-state index contributed by atoms with van der Waals surface area (Å²) < 4.78 is 15.4. The number of rotatable bonds is 11. The molecule has 0 radical (unpaired) electrons. The molecule has 1 rings (SSSR count). The van der Waals surface area contributed by atoms with Crippen molar-refractivity contribution in [3.05, 3.63) is 49.1 Å². The highest BCUT2D eigenvalue weighted by Crippen LogP contribution is 2.25. The van der Waals surface area contributed by atoms with Crippen molar-refractivity contribution in [3.8, 4) is 11.5 Å². The molecule has 0 aliphatic rings. The molecule has 7 nitrogen and oxygen atoms in total. The van der Waals surface area contributed by atoms with Gasteiger partial charge in [-0.15, -0.1) is 0 Å². The number of carbonyl (C=O) groups is 2. The molecule has 26 heavy (non-hydrogen) atoms. The van der Waals surface area contributed by atoms with Crippen molar-refractivity contribution in [2.75, 3.05) is 13.7 Å². The lowest BCUT2D eigenvalue weighted by molar-refractivity contribution is -0.128. The minimum absolute atomic E-state index is 0.307. The van der Waals surface area contributed by atoms with Gasteiger partial charge in [-0.1, -0.05) is 13.2 Å². The number of benzene rings is 1. The van der Waals surface area contributed by atoms with Crippen molar-refractivity contribution in [3.63, 3.8) is 0 Å². The Labute approximate surface area is 153 Å². The van der Waals surface area contributed by atoms with Gasteiger partial charge >= 0.3 is 12.1 Å². The molecular weight excluding hydrogens is 338 g/mol.